The Hall–Kier alpha value is -2.60. The first-order chi connectivity index (χ1) is 14.7. The van der Waals surface area contributed by atoms with Crippen molar-refractivity contribution in [2.75, 3.05) is 6.67 Å². The normalized spacial score (nSPS) is 13.9. The van der Waals surface area contributed by atoms with Gasteiger partial charge in [-0.05, 0) is 48.1 Å². The highest BCUT2D eigenvalue weighted by Gasteiger charge is 2.31. The second kappa shape index (κ2) is 9.69. The number of nitrogens with zero attached hydrogens (tertiary/aromatic N) is 2. The fraction of sp³-hybridized carbons (Fsp3) is 0.400. The van der Waals surface area contributed by atoms with E-state index >= 15 is 0 Å². The summed E-state index contributed by atoms with van der Waals surface area (Å²) in [6, 6.07) is 12.2. The molecule has 1 aromatic heterocycles. The number of alkyl halides is 1. The van der Waals surface area contributed by atoms with E-state index < -0.39 is 12.7 Å². The maximum atomic E-state index is 13.8. The maximum Gasteiger partial charge on any atom is 0.123 e. The Kier molecular flexibility index (Phi) is 7.21. The van der Waals surface area contributed by atoms with E-state index in [1.165, 1.54) is 24.3 Å². The first-order valence-corrected chi connectivity index (χ1v) is 10.6. The van der Waals surface area contributed by atoms with Gasteiger partial charge in [0.1, 0.15) is 24.1 Å². The number of halogens is 3. The van der Waals surface area contributed by atoms with Crippen molar-refractivity contribution in [2.24, 2.45) is 11.1 Å². The summed E-state index contributed by atoms with van der Waals surface area (Å²) in [5.74, 6) is 0.161. The minimum Gasteiger partial charge on any atom is -0.330 e. The van der Waals surface area contributed by atoms with E-state index in [0.717, 1.165) is 11.4 Å². The van der Waals surface area contributed by atoms with Crippen molar-refractivity contribution in [1.82, 2.24) is 9.55 Å². The molecule has 0 saturated heterocycles. The predicted molar refractivity (Wildman–Crippen MR) is 119 cm³/mol. The van der Waals surface area contributed by atoms with Gasteiger partial charge in [-0.1, -0.05) is 45.0 Å². The molecule has 3 rings (SSSR count). The van der Waals surface area contributed by atoms with Gasteiger partial charge in [-0.2, -0.15) is 0 Å². The summed E-state index contributed by atoms with van der Waals surface area (Å²) < 4.78 is 42.6. The number of imidazole rings is 1. The first-order valence-electron chi connectivity index (χ1n) is 10.6. The van der Waals surface area contributed by atoms with Crippen LogP contribution in [0.4, 0.5) is 13.2 Å². The van der Waals surface area contributed by atoms with Crippen LogP contribution in [0.3, 0.4) is 0 Å². The predicted octanol–water partition coefficient (Wildman–Crippen LogP) is 6.08. The monoisotopic (exact) mass is 429 g/mol. The first kappa shape index (κ1) is 23.1. The fourth-order valence-corrected chi connectivity index (χ4v) is 3.86. The molecule has 3 aromatic rings. The largest absolute Gasteiger partial charge is 0.330 e. The van der Waals surface area contributed by atoms with Gasteiger partial charge in [-0.15, -0.1) is 0 Å². The van der Waals surface area contributed by atoms with Crippen molar-refractivity contribution in [3.8, 4) is 11.3 Å². The summed E-state index contributed by atoms with van der Waals surface area (Å²) in [7, 11) is 0. The third-order valence-electron chi connectivity index (χ3n) is 5.55. The van der Waals surface area contributed by atoms with Crippen LogP contribution < -0.4 is 5.73 Å². The Morgan fingerprint density at radius 1 is 1.00 bits per heavy atom. The lowest BCUT2D eigenvalue weighted by atomic mass is 9.77. The molecular weight excluding hydrogens is 399 g/mol. The number of hydrogen-bond acceptors (Lipinski definition) is 2. The molecule has 3 nitrogen and oxygen atoms in total. The summed E-state index contributed by atoms with van der Waals surface area (Å²) in [4.78, 5) is 4.88. The van der Waals surface area contributed by atoms with E-state index in [1.54, 1.807) is 12.1 Å². The second-order valence-electron chi connectivity index (χ2n) is 9.16. The zero-order valence-corrected chi connectivity index (χ0v) is 18.3. The van der Waals surface area contributed by atoms with Gasteiger partial charge in [0.2, 0.25) is 0 Å². The molecule has 2 aromatic carbocycles. The molecule has 166 valence electrons. The van der Waals surface area contributed by atoms with Crippen LogP contribution in [-0.2, 0) is 6.54 Å². The molecule has 0 fully saturated rings. The molecule has 0 aliphatic heterocycles. The van der Waals surface area contributed by atoms with Gasteiger partial charge in [-0.25, -0.2) is 18.2 Å². The van der Waals surface area contributed by atoms with Crippen molar-refractivity contribution in [2.45, 2.75) is 52.1 Å². The molecule has 2 atom stereocenters. The molecule has 0 aliphatic rings. The molecule has 6 heteroatoms. The molecule has 1 unspecified atom stereocenters. The molecule has 1 heterocycles. The van der Waals surface area contributed by atoms with Crippen LogP contribution in [0.25, 0.3) is 11.3 Å². The molecule has 0 radical (unpaired) electrons. The lowest BCUT2D eigenvalue weighted by Gasteiger charge is -2.31. The topological polar surface area (TPSA) is 43.8 Å². The summed E-state index contributed by atoms with van der Waals surface area (Å²) in [6.07, 6.45) is 3.07. The summed E-state index contributed by atoms with van der Waals surface area (Å²) in [5, 5.41) is 0. The quantitative estimate of drug-likeness (QED) is 0.471. The van der Waals surface area contributed by atoms with Gasteiger partial charge in [0.05, 0.1) is 5.69 Å². The molecule has 0 spiro atoms. The average Bonchev–Trinajstić information content (AvgIpc) is 3.10. The van der Waals surface area contributed by atoms with Gasteiger partial charge in [-0.3, -0.25) is 0 Å². The van der Waals surface area contributed by atoms with E-state index in [2.05, 4.69) is 20.8 Å². The van der Waals surface area contributed by atoms with Crippen molar-refractivity contribution in [3.05, 3.63) is 77.8 Å². The number of nitrogens with two attached hydrogens (primary N) is 1. The standard InChI is InChI=1S/C25H30F3N3/c1-25(2,3)22(11-10-21(29)14-26)24-30-23(18-7-5-9-20(28)13-18)16-31(24)15-17-6-4-8-19(27)12-17/h4-9,12-13,16,21-22H,10-11,14-15,29H2,1-3H3/t21-,22?/m0/s1. The lowest BCUT2D eigenvalue weighted by Crippen LogP contribution is -2.27. The SMILES string of the molecule is CC(C)(C)C(CC[C@H](N)CF)c1nc(-c2cccc(F)c2)cn1Cc1cccc(F)c1. The third kappa shape index (κ3) is 5.97. The highest BCUT2D eigenvalue weighted by Crippen LogP contribution is 2.39. The van der Waals surface area contributed by atoms with E-state index in [1.807, 2.05) is 22.9 Å². The zero-order chi connectivity index (χ0) is 22.6. The fourth-order valence-electron chi connectivity index (χ4n) is 3.86. The lowest BCUT2D eigenvalue weighted by molar-refractivity contribution is 0.271. The van der Waals surface area contributed by atoms with Crippen molar-refractivity contribution < 1.29 is 13.2 Å². The Bertz CT molecular complexity index is 1010. The van der Waals surface area contributed by atoms with E-state index in [4.69, 9.17) is 10.7 Å². The molecule has 0 amide bonds. The zero-order valence-electron chi connectivity index (χ0n) is 18.3. The highest BCUT2D eigenvalue weighted by atomic mass is 19.1. The molecular formula is C25H30F3N3. The van der Waals surface area contributed by atoms with Crippen LogP contribution in [0.1, 0.15) is 50.9 Å². The van der Waals surface area contributed by atoms with Crippen molar-refractivity contribution in [1.29, 1.82) is 0 Å². The Morgan fingerprint density at radius 2 is 1.68 bits per heavy atom. The highest BCUT2D eigenvalue weighted by molar-refractivity contribution is 5.58. The van der Waals surface area contributed by atoms with Crippen LogP contribution in [0, 0.1) is 17.0 Å². The molecule has 0 bridgehead atoms. The average molecular weight is 430 g/mol. The maximum absolute atomic E-state index is 13.8. The number of rotatable bonds is 8. The van der Waals surface area contributed by atoms with Crippen LogP contribution in [0.2, 0.25) is 0 Å². The Labute approximate surface area is 182 Å². The summed E-state index contributed by atoms with van der Waals surface area (Å²) in [6.45, 7) is 6.20. The minimum absolute atomic E-state index is 0.0130. The number of aromatic nitrogens is 2. The number of hydrogen-bond donors (Lipinski definition) is 1. The van der Waals surface area contributed by atoms with E-state index in [-0.39, 0.29) is 23.0 Å². The van der Waals surface area contributed by atoms with Crippen molar-refractivity contribution >= 4 is 0 Å². The summed E-state index contributed by atoms with van der Waals surface area (Å²) >= 11 is 0. The van der Waals surface area contributed by atoms with E-state index in [9.17, 15) is 13.2 Å². The van der Waals surface area contributed by atoms with Gasteiger partial charge in [0.25, 0.3) is 0 Å². The van der Waals surface area contributed by atoms with Crippen LogP contribution in [0.5, 0.6) is 0 Å². The molecule has 0 saturated carbocycles. The Balaban J connectivity index is 2.05. The minimum atomic E-state index is -0.566. The van der Waals surface area contributed by atoms with Crippen molar-refractivity contribution in [3.63, 3.8) is 0 Å². The third-order valence-corrected chi connectivity index (χ3v) is 5.55. The summed E-state index contributed by atoms with van der Waals surface area (Å²) in [5.41, 5.74) is 7.81. The smallest absolute Gasteiger partial charge is 0.123 e. The van der Waals surface area contributed by atoms with E-state index in [0.29, 0.717) is 30.6 Å². The number of benzene rings is 2. The molecule has 31 heavy (non-hydrogen) atoms. The molecule has 2 N–H and O–H groups in total. The second-order valence-corrected chi connectivity index (χ2v) is 9.16. The van der Waals surface area contributed by atoms with Gasteiger partial charge in [0, 0.05) is 30.3 Å². The van der Waals surface area contributed by atoms with Crippen LogP contribution in [-0.4, -0.2) is 22.3 Å². The van der Waals surface area contributed by atoms with Crippen LogP contribution in [0.15, 0.2) is 54.7 Å². The van der Waals surface area contributed by atoms with Crippen LogP contribution >= 0.6 is 0 Å². The van der Waals surface area contributed by atoms with Gasteiger partial charge in [0.15, 0.2) is 0 Å². The van der Waals surface area contributed by atoms with Gasteiger partial charge >= 0.3 is 0 Å². The van der Waals surface area contributed by atoms with Gasteiger partial charge < -0.3 is 10.3 Å². The molecule has 0 aliphatic carbocycles. The Morgan fingerprint density at radius 3 is 2.29 bits per heavy atom.